The Labute approximate surface area is 220 Å². The molecule has 1 aromatic carbocycles. The van der Waals surface area contributed by atoms with Gasteiger partial charge in [-0.3, -0.25) is 0 Å². The van der Waals surface area contributed by atoms with Crippen molar-refractivity contribution >= 4 is 0 Å². The maximum absolute atomic E-state index is 11.7. The first kappa shape index (κ1) is 30.4. The maximum Gasteiger partial charge on any atom is 0.123 e. The second kappa shape index (κ2) is 12.2. The number of aryl methyl sites for hydroxylation is 1. The van der Waals surface area contributed by atoms with Gasteiger partial charge in [-0.05, 0) is 65.9 Å². The van der Waals surface area contributed by atoms with Crippen LogP contribution in [-0.2, 0) is 11.8 Å². The molecule has 1 aliphatic carbocycles. The summed E-state index contributed by atoms with van der Waals surface area (Å²) in [5, 5.41) is 42.2. The zero-order valence-corrected chi connectivity index (χ0v) is 24.3. The molecular formula is C32H52O4. The van der Waals surface area contributed by atoms with Gasteiger partial charge in [-0.2, -0.15) is 0 Å². The molecule has 0 heterocycles. The van der Waals surface area contributed by atoms with Crippen molar-refractivity contribution in [2.24, 2.45) is 23.2 Å². The Balaban J connectivity index is 2.72. The molecule has 204 valence electrons. The molecule has 4 nitrogen and oxygen atoms in total. The lowest BCUT2D eigenvalue weighted by Crippen LogP contribution is -2.33. The number of hydrogen-bond acceptors (Lipinski definition) is 4. The van der Waals surface area contributed by atoms with Crippen LogP contribution in [0.15, 0.2) is 35.1 Å². The van der Waals surface area contributed by atoms with Gasteiger partial charge >= 0.3 is 0 Å². The Bertz CT molecular complexity index is 949. The number of rotatable bonds is 12. The van der Waals surface area contributed by atoms with Crippen molar-refractivity contribution in [3.05, 3.63) is 51.8 Å². The normalized spacial score (nSPS) is 18.2. The van der Waals surface area contributed by atoms with Crippen LogP contribution in [0.25, 0.3) is 0 Å². The van der Waals surface area contributed by atoms with Crippen molar-refractivity contribution in [3.63, 3.8) is 0 Å². The number of allylic oxidation sites excluding steroid dienone is 4. The molecular weight excluding hydrogens is 448 g/mol. The van der Waals surface area contributed by atoms with E-state index in [1.165, 1.54) is 5.57 Å². The molecule has 0 spiro atoms. The van der Waals surface area contributed by atoms with E-state index in [0.717, 1.165) is 41.5 Å². The highest BCUT2D eigenvalue weighted by atomic mass is 16.3. The quantitative estimate of drug-likeness (QED) is 0.239. The molecule has 4 N–H and O–H groups in total. The van der Waals surface area contributed by atoms with Gasteiger partial charge in [0.15, 0.2) is 0 Å². The molecule has 1 aromatic rings. The molecule has 0 aromatic heterocycles. The fraction of sp³-hybridized carbons (Fsp3) is 0.688. The molecule has 4 heteroatoms. The summed E-state index contributed by atoms with van der Waals surface area (Å²) in [5.74, 6) is 1.23. The highest BCUT2D eigenvalue weighted by molar-refractivity contribution is 5.53. The summed E-state index contributed by atoms with van der Waals surface area (Å²) >= 11 is 0. The summed E-state index contributed by atoms with van der Waals surface area (Å²) in [6.07, 6.45) is 5.83. The Hall–Kier alpha value is -1.78. The highest BCUT2D eigenvalue weighted by Gasteiger charge is 2.40. The van der Waals surface area contributed by atoms with Crippen molar-refractivity contribution in [1.82, 2.24) is 0 Å². The first-order valence-electron chi connectivity index (χ1n) is 13.9. The average Bonchev–Trinajstić information content (AvgIpc) is 2.81. The Kier molecular flexibility index (Phi) is 10.3. The van der Waals surface area contributed by atoms with Gasteiger partial charge in [-0.25, -0.2) is 0 Å². The molecule has 0 bridgehead atoms. The van der Waals surface area contributed by atoms with Crippen molar-refractivity contribution in [2.45, 2.75) is 106 Å². The molecule has 0 aliphatic heterocycles. The third kappa shape index (κ3) is 6.37. The van der Waals surface area contributed by atoms with E-state index in [2.05, 4.69) is 80.5 Å². The van der Waals surface area contributed by atoms with E-state index in [-0.39, 0.29) is 35.9 Å². The number of aromatic hydroxyl groups is 1. The molecule has 0 amide bonds. The van der Waals surface area contributed by atoms with E-state index < -0.39 is 0 Å². The van der Waals surface area contributed by atoms with Crippen LogP contribution in [0, 0.1) is 23.2 Å². The summed E-state index contributed by atoms with van der Waals surface area (Å²) < 4.78 is 0. The van der Waals surface area contributed by atoms with E-state index in [9.17, 15) is 20.4 Å². The summed E-state index contributed by atoms with van der Waals surface area (Å²) in [7, 11) is 0. The van der Waals surface area contributed by atoms with E-state index >= 15 is 0 Å². The van der Waals surface area contributed by atoms with Crippen LogP contribution in [0.4, 0.5) is 0 Å². The molecule has 0 radical (unpaired) electrons. The smallest absolute Gasteiger partial charge is 0.123 e. The zero-order valence-electron chi connectivity index (χ0n) is 24.3. The lowest BCUT2D eigenvalue weighted by Gasteiger charge is -2.41. The standard InChI is InChI=1S/C32H52O4/c1-20(2)31(6,7)27-18-23(12-10-14-33)16-25(29(27)35)22(5)26-17-24(13-11-15-34)19-28(30(26)36)32(8,9)21(3)4/h16-18,20-22,28,33-36H,10-15,19H2,1-9H3. The van der Waals surface area contributed by atoms with E-state index in [1.54, 1.807) is 0 Å². The van der Waals surface area contributed by atoms with E-state index in [0.29, 0.717) is 36.2 Å². The lowest BCUT2D eigenvalue weighted by molar-refractivity contribution is 0.118. The topological polar surface area (TPSA) is 80.9 Å². The number of benzene rings is 1. The average molecular weight is 501 g/mol. The predicted molar refractivity (Wildman–Crippen MR) is 151 cm³/mol. The van der Waals surface area contributed by atoms with Crippen LogP contribution in [-0.4, -0.2) is 33.6 Å². The number of aliphatic hydroxyl groups excluding tert-OH is 3. The number of hydrogen-bond donors (Lipinski definition) is 4. The third-order valence-electron chi connectivity index (χ3n) is 9.39. The van der Waals surface area contributed by atoms with Gasteiger partial charge in [0.05, 0.1) is 5.76 Å². The van der Waals surface area contributed by atoms with Crippen LogP contribution in [0.5, 0.6) is 5.75 Å². The fourth-order valence-electron chi connectivity index (χ4n) is 5.20. The number of phenols is 1. The number of aliphatic hydroxyl groups is 3. The van der Waals surface area contributed by atoms with Crippen molar-refractivity contribution in [1.29, 1.82) is 0 Å². The maximum atomic E-state index is 11.7. The van der Waals surface area contributed by atoms with Gasteiger partial charge in [-0.1, -0.05) is 86.1 Å². The molecule has 0 saturated carbocycles. The first-order chi connectivity index (χ1) is 16.7. The second-order valence-corrected chi connectivity index (χ2v) is 12.7. The lowest BCUT2D eigenvalue weighted by atomic mass is 9.64. The van der Waals surface area contributed by atoms with Gasteiger partial charge in [-0.15, -0.1) is 0 Å². The Morgan fingerprint density at radius 2 is 1.44 bits per heavy atom. The van der Waals surface area contributed by atoms with E-state index in [4.69, 9.17) is 0 Å². The largest absolute Gasteiger partial charge is 0.512 e. The zero-order chi connectivity index (χ0) is 27.4. The fourth-order valence-corrected chi connectivity index (χ4v) is 5.20. The minimum atomic E-state index is -0.235. The van der Waals surface area contributed by atoms with Gasteiger partial charge in [0.25, 0.3) is 0 Å². The minimum Gasteiger partial charge on any atom is -0.512 e. The summed E-state index contributed by atoms with van der Waals surface area (Å²) in [6.45, 7) is 19.9. The number of phenolic OH excluding ortho intramolecular Hbond substituents is 1. The second-order valence-electron chi connectivity index (χ2n) is 12.7. The molecule has 0 fully saturated rings. The third-order valence-corrected chi connectivity index (χ3v) is 9.39. The summed E-state index contributed by atoms with van der Waals surface area (Å²) in [4.78, 5) is 0. The SMILES string of the molecule is CC(C1=C(O)C(C(C)(C)C(C)C)CC(CCCO)=C1)c1cc(CCCO)cc(C(C)(C)C(C)C)c1O. The summed E-state index contributed by atoms with van der Waals surface area (Å²) in [6, 6.07) is 4.16. The molecule has 2 rings (SSSR count). The van der Waals surface area contributed by atoms with Crippen LogP contribution >= 0.6 is 0 Å². The molecule has 36 heavy (non-hydrogen) atoms. The van der Waals surface area contributed by atoms with Crippen molar-refractivity contribution < 1.29 is 20.4 Å². The summed E-state index contributed by atoms with van der Waals surface area (Å²) in [5.41, 5.74) is 4.64. The monoisotopic (exact) mass is 500 g/mol. The van der Waals surface area contributed by atoms with E-state index in [1.807, 2.05) is 0 Å². The minimum absolute atomic E-state index is 0.0140. The van der Waals surface area contributed by atoms with Crippen molar-refractivity contribution in [3.8, 4) is 5.75 Å². The molecule has 0 saturated heterocycles. The van der Waals surface area contributed by atoms with Crippen LogP contribution in [0.3, 0.4) is 0 Å². The highest BCUT2D eigenvalue weighted by Crippen LogP contribution is 2.49. The van der Waals surface area contributed by atoms with Gasteiger partial charge in [0.1, 0.15) is 5.75 Å². The van der Waals surface area contributed by atoms with Crippen LogP contribution in [0.1, 0.15) is 111 Å². The van der Waals surface area contributed by atoms with Gasteiger partial charge in [0, 0.05) is 36.2 Å². The Morgan fingerprint density at radius 3 is 1.97 bits per heavy atom. The molecule has 2 unspecified atom stereocenters. The molecule has 2 atom stereocenters. The van der Waals surface area contributed by atoms with Crippen LogP contribution in [0.2, 0.25) is 0 Å². The predicted octanol–water partition coefficient (Wildman–Crippen LogP) is 7.57. The Morgan fingerprint density at radius 1 is 0.861 bits per heavy atom. The van der Waals surface area contributed by atoms with Gasteiger partial charge < -0.3 is 20.4 Å². The molecule has 1 aliphatic rings. The van der Waals surface area contributed by atoms with Gasteiger partial charge in [0.2, 0.25) is 0 Å². The van der Waals surface area contributed by atoms with Crippen LogP contribution < -0.4 is 0 Å². The first-order valence-corrected chi connectivity index (χ1v) is 13.9. The van der Waals surface area contributed by atoms with Crippen molar-refractivity contribution in [2.75, 3.05) is 13.2 Å².